The van der Waals surface area contributed by atoms with Gasteiger partial charge in [0.05, 0.1) is 10.6 Å². The summed E-state index contributed by atoms with van der Waals surface area (Å²) in [5, 5.41) is 5.55. The van der Waals surface area contributed by atoms with E-state index in [0.717, 1.165) is 27.6 Å². The number of amidine groups is 1. The van der Waals surface area contributed by atoms with Gasteiger partial charge in [-0.1, -0.05) is 72.8 Å². The van der Waals surface area contributed by atoms with E-state index < -0.39 is 0 Å². The van der Waals surface area contributed by atoms with Crippen molar-refractivity contribution in [3.8, 4) is 11.3 Å². The Labute approximate surface area is 182 Å². The Balaban J connectivity index is 1.46. The van der Waals surface area contributed by atoms with Crippen LogP contribution in [-0.4, -0.2) is 28.0 Å². The minimum absolute atomic E-state index is 0.0495. The average molecular weight is 428 g/mol. The fourth-order valence-corrected chi connectivity index (χ4v) is 5.02. The number of thiazole rings is 1. The molecule has 1 saturated heterocycles. The van der Waals surface area contributed by atoms with Crippen LogP contribution >= 0.6 is 23.1 Å². The highest BCUT2D eigenvalue weighted by molar-refractivity contribution is 8.18. The summed E-state index contributed by atoms with van der Waals surface area (Å²) in [6.45, 7) is 0. The lowest BCUT2D eigenvalue weighted by Crippen LogP contribution is -2.23. The van der Waals surface area contributed by atoms with Gasteiger partial charge in [0.1, 0.15) is 0 Å². The zero-order valence-corrected chi connectivity index (χ0v) is 17.8. The Morgan fingerprint density at radius 1 is 0.967 bits per heavy atom. The number of carbonyl (C=O) groups excluding carboxylic acids is 1. The first kappa shape index (κ1) is 18.8. The molecule has 1 amide bonds. The highest BCUT2D eigenvalue weighted by Crippen LogP contribution is 2.35. The minimum Gasteiger partial charge on any atom is -0.289 e. The second kappa shape index (κ2) is 7.89. The van der Waals surface area contributed by atoms with E-state index in [1.165, 1.54) is 23.1 Å². The fourth-order valence-electron chi connectivity index (χ4n) is 3.31. The molecule has 0 spiro atoms. The van der Waals surface area contributed by atoms with Crippen molar-refractivity contribution in [2.24, 2.45) is 4.99 Å². The monoisotopic (exact) mass is 427 g/mol. The Hall–Kier alpha value is -3.22. The molecule has 4 aromatic rings. The molecule has 0 radical (unpaired) electrons. The van der Waals surface area contributed by atoms with E-state index in [4.69, 9.17) is 0 Å². The zero-order valence-electron chi connectivity index (χ0n) is 16.1. The van der Waals surface area contributed by atoms with E-state index in [9.17, 15) is 4.79 Å². The molecule has 0 aliphatic carbocycles. The molecule has 0 N–H and O–H groups in total. The Morgan fingerprint density at radius 2 is 1.73 bits per heavy atom. The number of amides is 1. The quantitative estimate of drug-likeness (QED) is 0.366. The first-order valence-corrected chi connectivity index (χ1v) is 11.1. The third-order valence-electron chi connectivity index (χ3n) is 4.87. The molecule has 146 valence electrons. The zero-order chi connectivity index (χ0) is 20.5. The van der Waals surface area contributed by atoms with E-state index in [1.54, 1.807) is 11.9 Å². The van der Waals surface area contributed by atoms with Gasteiger partial charge in [0, 0.05) is 18.0 Å². The van der Waals surface area contributed by atoms with Crippen molar-refractivity contribution in [3.63, 3.8) is 0 Å². The number of fused-ring (bicyclic) bond motifs is 1. The first-order chi connectivity index (χ1) is 14.7. The van der Waals surface area contributed by atoms with Crippen LogP contribution in [0.15, 0.2) is 88.1 Å². The minimum atomic E-state index is -0.0495. The predicted molar refractivity (Wildman–Crippen MR) is 127 cm³/mol. The van der Waals surface area contributed by atoms with Crippen molar-refractivity contribution < 1.29 is 4.79 Å². The number of rotatable bonds is 3. The number of aromatic nitrogens is 1. The van der Waals surface area contributed by atoms with E-state index >= 15 is 0 Å². The largest absolute Gasteiger partial charge is 0.289 e. The summed E-state index contributed by atoms with van der Waals surface area (Å²) in [7, 11) is 1.75. The SMILES string of the molecule is CN1C(=O)/C(=C/c2cccc3ccccc23)S/C1=N/c1nc(-c2ccccc2)cs1. The smallest absolute Gasteiger partial charge is 0.266 e. The van der Waals surface area contributed by atoms with Crippen LogP contribution in [0.5, 0.6) is 0 Å². The number of benzene rings is 3. The standard InChI is InChI=1S/C24H17N3OS2/c1-27-22(28)21(14-18-12-7-11-16-8-5-6-13-19(16)18)30-24(27)26-23-25-20(15-29-23)17-9-3-2-4-10-17/h2-15H,1H3/b21-14-,26-24+. The van der Waals surface area contributed by atoms with Gasteiger partial charge in [-0.2, -0.15) is 4.99 Å². The van der Waals surface area contributed by atoms with Crippen molar-refractivity contribution in [1.82, 2.24) is 9.88 Å². The topological polar surface area (TPSA) is 45.6 Å². The molecule has 4 nitrogen and oxygen atoms in total. The number of likely N-dealkylation sites (N-methyl/N-ethyl adjacent to an activating group) is 1. The maximum Gasteiger partial charge on any atom is 0.266 e. The van der Waals surface area contributed by atoms with Gasteiger partial charge in [0.15, 0.2) is 5.17 Å². The van der Waals surface area contributed by atoms with Crippen molar-refractivity contribution in [3.05, 3.63) is 88.6 Å². The summed E-state index contributed by atoms with van der Waals surface area (Å²) in [5.74, 6) is -0.0495. The number of hydrogen-bond acceptors (Lipinski definition) is 5. The van der Waals surface area contributed by atoms with Gasteiger partial charge in [-0.3, -0.25) is 9.69 Å². The van der Waals surface area contributed by atoms with E-state index in [2.05, 4.69) is 28.2 Å². The molecule has 1 aromatic heterocycles. The summed E-state index contributed by atoms with van der Waals surface area (Å²) in [5.41, 5.74) is 2.97. The molecule has 1 aliphatic heterocycles. The molecule has 2 heterocycles. The molecule has 5 rings (SSSR count). The number of carbonyl (C=O) groups is 1. The summed E-state index contributed by atoms with van der Waals surface area (Å²) in [6.07, 6.45) is 1.95. The van der Waals surface area contributed by atoms with Gasteiger partial charge in [0.25, 0.3) is 5.91 Å². The lowest BCUT2D eigenvalue weighted by Gasteiger charge is -2.06. The van der Waals surface area contributed by atoms with Gasteiger partial charge >= 0.3 is 0 Å². The normalized spacial score (nSPS) is 16.8. The second-order valence-electron chi connectivity index (χ2n) is 6.82. The molecule has 1 aliphatic rings. The third-order valence-corrected chi connectivity index (χ3v) is 6.66. The lowest BCUT2D eigenvalue weighted by atomic mass is 10.0. The average Bonchev–Trinajstić information content (AvgIpc) is 3.36. The molecular formula is C24H17N3OS2. The van der Waals surface area contributed by atoms with Gasteiger partial charge in [-0.25, -0.2) is 4.98 Å². The highest BCUT2D eigenvalue weighted by atomic mass is 32.2. The van der Waals surface area contributed by atoms with Crippen LogP contribution in [0.1, 0.15) is 5.56 Å². The van der Waals surface area contributed by atoms with Gasteiger partial charge in [0.2, 0.25) is 5.13 Å². The number of hydrogen-bond donors (Lipinski definition) is 0. The maximum absolute atomic E-state index is 12.8. The Kier molecular flexibility index (Phi) is 4.94. The number of aliphatic imine (C=N–C) groups is 1. The van der Waals surface area contributed by atoms with Gasteiger partial charge < -0.3 is 0 Å². The van der Waals surface area contributed by atoms with Crippen LogP contribution in [0.4, 0.5) is 5.13 Å². The predicted octanol–water partition coefficient (Wildman–Crippen LogP) is 6.20. The van der Waals surface area contributed by atoms with Crippen molar-refractivity contribution in [1.29, 1.82) is 0 Å². The molecule has 3 aromatic carbocycles. The van der Waals surface area contributed by atoms with Crippen LogP contribution in [0, 0.1) is 0 Å². The molecule has 0 saturated carbocycles. The molecule has 0 unspecified atom stereocenters. The van der Waals surface area contributed by atoms with Crippen molar-refractivity contribution in [2.75, 3.05) is 7.05 Å². The molecule has 0 atom stereocenters. The Bertz CT molecular complexity index is 1300. The second-order valence-corrected chi connectivity index (χ2v) is 8.66. The van der Waals surface area contributed by atoms with Crippen LogP contribution in [0.25, 0.3) is 28.1 Å². The van der Waals surface area contributed by atoms with Crippen LogP contribution in [-0.2, 0) is 4.79 Å². The number of thioether (sulfide) groups is 1. The fraction of sp³-hybridized carbons (Fsp3) is 0.0417. The summed E-state index contributed by atoms with van der Waals surface area (Å²) < 4.78 is 0. The molecular weight excluding hydrogens is 410 g/mol. The molecule has 0 bridgehead atoms. The molecule has 6 heteroatoms. The number of nitrogens with zero attached hydrogens (tertiary/aromatic N) is 3. The molecule has 30 heavy (non-hydrogen) atoms. The third kappa shape index (κ3) is 3.56. The summed E-state index contributed by atoms with van der Waals surface area (Å²) in [6, 6.07) is 24.3. The first-order valence-electron chi connectivity index (χ1n) is 9.44. The van der Waals surface area contributed by atoms with Crippen LogP contribution < -0.4 is 0 Å². The summed E-state index contributed by atoms with van der Waals surface area (Å²) in [4.78, 5) is 24.3. The molecule has 1 fully saturated rings. The van der Waals surface area contributed by atoms with Crippen LogP contribution in [0.3, 0.4) is 0 Å². The van der Waals surface area contributed by atoms with Gasteiger partial charge in [-0.05, 0) is 34.2 Å². The van der Waals surface area contributed by atoms with E-state index in [-0.39, 0.29) is 5.91 Å². The van der Waals surface area contributed by atoms with E-state index in [0.29, 0.717) is 15.2 Å². The van der Waals surface area contributed by atoms with Crippen LogP contribution in [0.2, 0.25) is 0 Å². The van der Waals surface area contributed by atoms with E-state index in [1.807, 2.05) is 66.1 Å². The van der Waals surface area contributed by atoms with Crippen molar-refractivity contribution in [2.45, 2.75) is 0 Å². The van der Waals surface area contributed by atoms with Crippen molar-refractivity contribution >= 4 is 56.2 Å². The summed E-state index contributed by atoms with van der Waals surface area (Å²) >= 11 is 2.86. The maximum atomic E-state index is 12.8. The lowest BCUT2D eigenvalue weighted by molar-refractivity contribution is -0.121. The van der Waals surface area contributed by atoms with Gasteiger partial charge in [-0.15, -0.1) is 11.3 Å². The Morgan fingerprint density at radius 3 is 2.60 bits per heavy atom. The highest BCUT2D eigenvalue weighted by Gasteiger charge is 2.30.